The van der Waals surface area contributed by atoms with Gasteiger partial charge in [-0.2, -0.15) is 0 Å². The van der Waals surface area contributed by atoms with E-state index in [1.807, 2.05) is 12.1 Å². The van der Waals surface area contributed by atoms with Gasteiger partial charge in [-0.3, -0.25) is 0 Å². The standard InChI is InChI=1S/C13H20N2O2/c1-17-12-7-10(14)6-11(8-12)15-13(9-16)4-2-3-5-13/h6-8,15-16H,2-5,9,14H2,1H3. The molecule has 0 unspecified atom stereocenters. The SMILES string of the molecule is COc1cc(N)cc(NC2(CO)CCCC2)c1. The molecule has 0 amide bonds. The van der Waals surface area contributed by atoms with E-state index in [0.29, 0.717) is 5.69 Å². The zero-order valence-electron chi connectivity index (χ0n) is 10.2. The maximum Gasteiger partial charge on any atom is 0.122 e. The Kier molecular flexibility index (Phi) is 3.43. The van der Waals surface area contributed by atoms with Gasteiger partial charge < -0.3 is 20.9 Å². The third-order valence-corrected chi connectivity index (χ3v) is 3.44. The molecule has 2 rings (SSSR count). The Morgan fingerprint density at radius 3 is 2.65 bits per heavy atom. The monoisotopic (exact) mass is 236 g/mol. The summed E-state index contributed by atoms with van der Waals surface area (Å²) in [4.78, 5) is 0. The molecule has 1 aromatic carbocycles. The Morgan fingerprint density at radius 1 is 1.35 bits per heavy atom. The van der Waals surface area contributed by atoms with Gasteiger partial charge in [0.1, 0.15) is 5.75 Å². The van der Waals surface area contributed by atoms with Crippen molar-refractivity contribution in [1.82, 2.24) is 0 Å². The van der Waals surface area contributed by atoms with Crippen LogP contribution in [-0.4, -0.2) is 24.4 Å². The topological polar surface area (TPSA) is 67.5 Å². The smallest absolute Gasteiger partial charge is 0.122 e. The van der Waals surface area contributed by atoms with Crippen LogP contribution in [0.3, 0.4) is 0 Å². The summed E-state index contributed by atoms with van der Waals surface area (Å²) >= 11 is 0. The molecule has 94 valence electrons. The number of aliphatic hydroxyl groups is 1. The summed E-state index contributed by atoms with van der Waals surface area (Å²) in [5.41, 5.74) is 7.21. The molecule has 0 atom stereocenters. The minimum atomic E-state index is -0.182. The van der Waals surface area contributed by atoms with Crippen molar-refractivity contribution >= 4 is 11.4 Å². The minimum absolute atomic E-state index is 0.157. The van der Waals surface area contributed by atoms with Crippen molar-refractivity contribution in [2.45, 2.75) is 31.2 Å². The fourth-order valence-electron chi connectivity index (χ4n) is 2.49. The van der Waals surface area contributed by atoms with Crippen LogP contribution in [0.15, 0.2) is 18.2 Å². The van der Waals surface area contributed by atoms with Crippen molar-refractivity contribution in [3.63, 3.8) is 0 Å². The van der Waals surface area contributed by atoms with Crippen LogP contribution < -0.4 is 15.8 Å². The Balaban J connectivity index is 2.19. The number of nitrogen functional groups attached to an aromatic ring is 1. The summed E-state index contributed by atoms with van der Waals surface area (Å²) < 4.78 is 5.18. The van der Waals surface area contributed by atoms with E-state index >= 15 is 0 Å². The Bertz CT molecular complexity index is 387. The number of ether oxygens (including phenoxy) is 1. The van der Waals surface area contributed by atoms with Crippen LogP contribution in [0.5, 0.6) is 5.75 Å². The first kappa shape index (κ1) is 12.0. The number of hydrogen-bond donors (Lipinski definition) is 3. The number of rotatable bonds is 4. The zero-order chi connectivity index (χ0) is 12.3. The number of nitrogens with two attached hydrogens (primary N) is 1. The van der Waals surface area contributed by atoms with E-state index in [1.165, 1.54) is 0 Å². The summed E-state index contributed by atoms with van der Waals surface area (Å²) in [5, 5.41) is 13.0. The molecule has 4 heteroatoms. The second-order valence-electron chi connectivity index (χ2n) is 4.77. The van der Waals surface area contributed by atoms with Crippen LogP contribution in [0, 0.1) is 0 Å². The second kappa shape index (κ2) is 4.84. The lowest BCUT2D eigenvalue weighted by Crippen LogP contribution is -2.38. The van der Waals surface area contributed by atoms with Gasteiger partial charge in [0.25, 0.3) is 0 Å². The third-order valence-electron chi connectivity index (χ3n) is 3.44. The third kappa shape index (κ3) is 2.64. The van der Waals surface area contributed by atoms with Crippen LogP contribution in [-0.2, 0) is 0 Å². The highest BCUT2D eigenvalue weighted by atomic mass is 16.5. The lowest BCUT2D eigenvalue weighted by molar-refractivity contribution is 0.214. The molecule has 1 saturated carbocycles. The molecule has 0 spiro atoms. The van der Waals surface area contributed by atoms with Crippen molar-refractivity contribution < 1.29 is 9.84 Å². The number of benzene rings is 1. The first-order valence-electron chi connectivity index (χ1n) is 6.01. The summed E-state index contributed by atoms with van der Waals surface area (Å²) in [7, 11) is 1.62. The molecule has 1 aliphatic rings. The van der Waals surface area contributed by atoms with E-state index in [2.05, 4.69) is 5.32 Å². The summed E-state index contributed by atoms with van der Waals surface area (Å²) in [6, 6.07) is 5.57. The average Bonchev–Trinajstić information content (AvgIpc) is 2.77. The molecule has 4 nitrogen and oxygen atoms in total. The van der Waals surface area contributed by atoms with Crippen molar-refractivity contribution in [3.05, 3.63) is 18.2 Å². The minimum Gasteiger partial charge on any atom is -0.497 e. The quantitative estimate of drug-likeness (QED) is 0.699. The Hall–Kier alpha value is -1.42. The van der Waals surface area contributed by atoms with Gasteiger partial charge in [0.2, 0.25) is 0 Å². The number of anilines is 2. The molecule has 0 bridgehead atoms. The molecule has 0 aliphatic heterocycles. The Morgan fingerprint density at radius 2 is 2.06 bits per heavy atom. The molecule has 4 N–H and O–H groups in total. The summed E-state index contributed by atoms with van der Waals surface area (Å²) in [6.45, 7) is 0.157. The fraction of sp³-hybridized carbons (Fsp3) is 0.538. The molecule has 0 aromatic heterocycles. The van der Waals surface area contributed by atoms with Crippen LogP contribution >= 0.6 is 0 Å². The predicted octanol–water partition coefficient (Wildman–Crippen LogP) is 1.99. The van der Waals surface area contributed by atoms with E-state index in [1.54, 1.807) is 13.2 Å². The van der Waals surface area contributed by atoms with E-state index in [0.717, 1.165) is 37.1 Å². The van der Waals surface area contributed by atoms with Crippen LogP contribution in [0.4, 0.5) is 11.4 Å². The van der Waals surface area contributed by atoms with Gasteiger partial charge in [-0.15, -0.1) is 0 Å². The maximum atomic E-state index is 9.55. The number of nitrogens with one attached hydrogen (secondary N) is 1. The molecule has 0 radical (unpaired) electrons. The van der Waals surface area contributed by atoms with Crippen LogP contribution in [0.1, 0.15) is 25.7 Å². The normalized spacial score (nSPS) is 18.0. The molecule has 0 saturated heterocycles. The van der Waals surface area contributed by atoms with E-state index in [9.17, 15) is 5.11 Å². The van der Waals surface area contributed by atoms with Crippen molar-refractivity contribution in [3.8, 4) is 5.75 Å². The molecule has 1 aliphatic carbocycles. The highest BCUT2D eigenvalue weighted by Gasteiger charge is 2.32. The Labute approximate surface area is 102 Å². The molecule has 1 fully saturated rings. The highest BCUT2D eigenvalue weighted by molar-refractivity contribution is 5.60. The maximum absolute atomic E-state index is 9.55. The molecular formula is C13H20N2O2. The lowest BCUT2D eigenvalue weighted by Gasteiger charge is -2.29. The molecule has 0 heterocycles. The lowest BCUT2D eigenvalue weighted by atomic mass is 9.98. The van der Waals surface area contributed by atoms with Crippen LogP contribution in [0.25, 0.3) is 0 Å². The predicted molar refractivity (Wildman–Crippen MR) is 69.3 cm³/mol. The number of hydrogen-bond acceptors (Lipinski definition) is 4. The first-order valence-corrected chi connectivity index (χ1v) is 6.01. The van der Waals surface area contributed by atoms with Gasteiger partial charge in [0.05, 0.1) is 19.3 Å². The van der Waals surface area contributed by atoms with Gasteiger partial charge in [0.15, 0.2) is 0 Å². The summed E-state index contributed by atoms with van der Waals surface area (Å²) in [5.74, 6) is 0.735. The molecule has 1 aromatic rings. The largest absolute Gasteiger partial charge is 0.497 e. The second-order valence-corrected chi connectivity index (χ2v) is 4.77. The van der Waals surface area contributed by atoms with Crippen molar-refractivity contribution in [2.75, 3.05) is 24.8 Å². The number of methoxy groups -OCH3 is 1. The van der Waals surface area contributed by atoms with Crippen molar-refractivity contribution in [1.29, 1.82) is 0 Å². The average molecular weight is 236 g/mol. The van der Waals surface area contributed by atoms with E-state index in [-0.39, 0.29) is 12.1 Å². The van der Waals surface area contributed by atoms with E-state index < -0.39 is 0 Å². The molecule has 17 heavy (non-hydrogen) atoms. The van der Waals surface area contributed by atoms with Gasteiger partial charge in [0, 0.05) is 23.5 Å². The highest BCUT2D eigenvalue weighted by Crippen LogP contribution is 2.34. The number of aliphatic hydroxyl groups excluding tert-OH is 1. The van der Waals surface area contributed by atoms with Gasteiger partial charge in [-0.25, -0.2) is 0 Å². The molecular weight excluding hydrogens is 216 g/mol. The van der Waals surface area contributed by atoms with Gasteiger partial charge in [-0.05, 0) is 18.9 Å². The zero-order valence-corrected chi connectivity index (χ0v) is 10.2. The van der Waals surface area contributed by atoms with Gasteiger partial charge >= 0.3 is 0 Å². The first-order chi connectivity index (χ1) is 8.17. The van der Waals surface area contributed by atoms with Crippen LogP contribution in [0.2, 0.25) is 0 Å². The van der Waals surface area contributed by atoms with Crippen molar-refractivity contribution in [2.24, 2.45) is 0 Å². The fourth-order valence-corrected chi connectivity index (χ4v) is 2.49. The van der Waals surface area contributed by atoms with E-state index in [4.69, 9.17) is 10.5 Å². The van der Waals surface area contributed by atoms with Gasteiger partial charge in [-0.1, -0.05) is 12.8 Å². The summed E-state index contributed by atoms with van der Waals surface area (Å²) in [6.07, 6.45) is 4.32.